The topological polar surface area (TPSA) is 76.2 Å². The fourth-order valence-electron chi connectivity index (χ4n) is 2.30. The van der Waals surface area contributed by atoms with Gasteiger partial charge in [-0.2, -0.15) is 0 Å². The monoisotopic (exact) mass is 379 g/mol. The second kappa shape index (κ2) is 6.72. The second-order valence-electron chi connectivity index (χ2n) is 5.89. The molecule has 7 heteroatoms. The van der Waals surface area contributed by atoms with E-state index in [0.29, 0.717) is 6.54 Å². The maximum absolute atomic E-state index is 12.5. The van der Waals surface area contributed by atoms with Crippen LogP contribution in [0.4, 0.5) is 5.95 Å². The van der Waals surface area contributed by atoms with E-state index in [-0.39, 0.29) is 5.91 Å². The maximum atomic E-state index is 12.5. The van der Waals surface area contributed by atoms with E-state index in [1.54, 1.807) is 13.1 Å². The van der Waals surface area contributed by atoms with Gasteiger partial charge in [0.05, 0.1) is 18.4 Å². The average molecular weight is 380 g/mol. The predicted octanol–water partition coefficient (Wildman–Crippen LogP) is 1.74. The zero-order valence-corrected chi connectivity index (χ0v) is 15.4. The number of amides is 1. The Morgan fingerprint density at radius 3 is 2.52 bits per heavy atom. The van der Waals surface area contributed by atoms with Crippen molar-refractivity contribution >= 4 is 27.8 Å². The van der Waals surface area contributed by atoms with Gasteiger partial charge in [-0.25, -0.2) is 4.98 Å². The van der Waals surface area contributed by atoms with Crippen LogP contribution in [0.15, 0.2) is 34.9 Å². The summed E-state index contributed by atoms with van der Waals surface area (Å²) in [5.41, 5.74) is 6.81. The highest BCUT2D eigenvalue weighted by Gasteiger charge is 2.30. The van der Waals surface area contributed by atoms with E-state index in [0.717, 1.165) is 21.7 Å². The summed E-state index contributed by atoms with van der Waals surface area (Å²) in [6.07, 6.45) is 1.75. The molecule has 0 aliphatic rings. The molecule has 0 aliphatic carbocycles. The Morgan fingerprint density at radius 2 is 2.00 bits per heavy atom. The zero-order valence-electron chi connectivity index (χ0n) is 13.8. The van der Waals surface area contributed by atoms with Gasteiger partial charge in [0.2, 0.25) is 11.9 Å². The molecular weight excluding hydrogens is 358 g/mol. The molecule has 1 aromatic carbocycles. The lowest BCUT2D eigenvalue weighted by Gasteiger charge is -2.24. The zero-order chi connectivity index (χ0) is 17.2. The third-order valence-corrected chi connectivity index (χ3v) is 4.33. The number of nitrogens with one attached hydrogen (secondary N) is 1. The third-order valence-electron chi connectivity index (χ3n) is 3.81. The smallest absolute Gasteiger partial charge is 0.244 e. The quantitative estimate of drug-likeness (QED) is 0.829. The molecule has 0 spiro atoms. The lowest BCUT2D eigenvalue weighted by Crippen LogP contribution is -2.48. The van der Waals surface area contributed by atoms with Crippen LogP contribution in [-0.2, 0) is 23.9 Å². The molecule has 1 heterocycles. The van der Waals surface area contributed by atoms with Gasteiger partial charge in [0.15, 0.2) is 0 Å². The van der Waals surface area contributed by atoms with Crippen molar-refractivity contribution in [1.82, 2.24) is 14.9 Å². The molecule has 1 amide bonds. The maximum Gasteiger partial charge on any atom is 0.244 e. The van der Waals surface area contributed by atoms with Crippen molar-refractivity contribution in [3.63, 3.8) is 0 Å². The van der Waals surface area contributed by atoms with Crippen molar-refractivity contribution in [3.8, 4) is 0 Å². The number of hydrogen-bond donors (Lipinski definition) is 2. The van der Waals surface area contributed by atoms with Gasteiger partial charge in [-0.05, 0) is 24.6 Å². The van der Waals surface area contributed by atoms with Gasteiger partial charge < -0.3 is 20.5 Å². The number of hydrogen-bond acceptors (Lipinski definition) is 4. The van der Waals surface area contributed by atoms with Crippen LogP contribution in [0.5, 0.6) is 0 Å². The molecule has 124 valence electrons. The van der Waals surface area contributed by atoms with Crippen LogP contribution >= 0.6 is 15.9 Å². The predicted molar refractivity (Wildman–Crippen MR) is 95.1 cm³/mol. The minimum Gasteiger partial charge on any atom is -0.349 e. The Balaban J connectivity index is 2.08. The first-order chi connectivity index (χ1) is 10.7. The number of anilines is 1. The molecule has 1 aromatic heterocycles. The first-order valence-corrected chi connectivity index (χ1v) is 8.04. The molecule has 1 unspecified atom stereocenters. The van der Waals surface area contributed by atoms with Crippen molar-refractivity contribution in [3.05, 3.63) is 46.2 Å². The van der Waals surface area contributed by atoms with Gasteiger partial charge in [-0.15, -0.1) is 0 Å². The summed E-state index contributed by atoms with van der Waals surface area (Å²) in [5, 5.41) is 2.89. The van der Waals surface area contributed by atoms with Crippen molar-refractivity contribution in [2.24, 2.45) is 12.8 Å². The number of carbonyl (C=O) groups is 1. The number of halogens is 1. The summed E-state index contributed by atoms with van der Waals surface area (Å²) in [7, 11) is 5.77. The van der Waals surface area contributed by atoms with E-state index < -0.39 is 5.54 Å². The van der Waals surface area contributed by atoms with Crippen molar-refractivity contribution in [2.75, 3.05) is 19.0 Å². The summed E-state index contributed by atoms with van der Waals surface area (Å²) < 4.78 is 2.89. The molecule has 0 aliphatic heterocycles. The van der Waals surface area contributed by atoms with Crippen LogP contribution in [0, 0.1) is 0 Å². The standard InChI is InChI=1S/C16H22BrN5O/c1-16(18,11-5-7-12(17)8-6-11)14(23)19-9-13-10-20-15(21(2)3)22(13)4/h5-8,10H,9,18H2,1-4H3,(H,19,23). The van der Waals surface area contributed by atoms with Crippen LogP contribution in [0.3, 0.4) is 0 Å². The number of carbonyl (C=O) groups excluding carboxylic acids is 1. The number of aromatic nitrogens is 2. The van der Waals surface area contributed by atoms with Crippen LogP contribution in [0.2, 0.25) is 0 Å². The second-order valence-corrected chi connectivity index (χ2v) is 6.81. The van der Waals surface area contributed by atoms with E-state index in [9.17, 15) is 4.79 Å². The van der Waals surface area contributed by atoms with Crippen molar-refractivity contribution in [2.45, 2.75) is 19.0 Å². The molecule has 1 atom stereocenters. The molecule has 0 saturated carbocycles. The first kappa shape index (κ1) is 17.5. The highest BCUT2D eigenvalue weighted by molar-refractivity contribution is 9.10. The molecule has 0 fully saturated rings. The highest BCUT2D eigenvalue weighted by Crippen LogP contribution is 2.21. The Hall–Kier alpha value is -1.86. The SMILES string of the molecule is CN(C)c1ncc(CNC(=O)C(C)(N)c2ccc(Br)cc2)n1C. The fraction of sp³-hybridized carbons (Fsp3) is 0.375. The van der Waals surface area contributed by atoms with E-state index >= 15 is 0 Å². The van der Waals surface area contributed by atoms with Gasteiger partial charge in [0, 0.05) is 25.6 Å². The number of nitrogens with zero attached hydrogens (tertiary/aromatic N) is 3. The summed E-state index contributed by atoms with van der Waals surface area (Å²) >= 11 is 3.38. The third kappa shape index (κ3) is 3.73. The lowest BCUT2D eigenvalue weighted by atomic mass is 9.92. The summed E-state index contributed by atoms with van der Waals surface area (Å²) in [6.45, 7) is 2.08. The van der Waals surface area contributed by atoms with Gasteiger partial charge in [-0.1, -0.05) is 28.1 Å². The van der Waals surface area contributed by atoms with Gasteiger partial charge >= 0.3 is 0 Å². The average Bonchev–Trinajstić information content (AvgIpc) is 2.86. The minimum absolute atomic E-state index is 0.229. The van der Waals surface area contributed by atoms with E-state index in [1.165, 1.54) is 0 Å². The van der Waals surface area contributed by atoms with E-state index in [1.807, 2.05) is 54.9 Å². The number of imidazole rings is 1. The van der Waals surface area contributed by atoms with Crippen molar-refractivity contribution < 1.29 is 4.79 Å². The Labute approximate surface area is 144 Å². The normalized spacial score (nSPS) is 13.5. The van der Waals surface area contributed by atoms with Gasteiger partial charge in [0.25, 0.3) is 0 Å². The van der Waals surface area contributed by atoms with Crippen LogP contribution in [0.1, 0.15) is 18.2 Å². The largest absolute Gasteiger partial charge is 0.349 e. The molecule has 2 aromatic rings. The summed E-state index contributed by atoms with van der Waals surface area (Å²) in [5.74, 6) is 0.602. The van der Waals surface area contributed by atoms with Gasteiger partial charge in [0.1, 0.15) is 5.54 Å². The van der Waals surface area contributed by atoms with Crippen LogP contribution in [0.25, 0.3) is 0 Å². The Bertz CT molecular complexity index is 691. The van der Waals surface area contributed by atoms with E-state index in [4.69, 9.17) is 5.73 Å². The summed E-state index contributed by atoms with van der Waals surface area (Å²) in [6, 6.07) is 7.44. The Morgan fingerprint density at radius 1 is 1.39 bits per heavy atom. The molecule has 6 nitrogen and oxygen atoms in total. The van der Waals surface area contributed by atoms with Crippen LogP contribution < -0.4 is 16.0 Å². The summed E-state index contributed by atoms with van der Waals surface area (Å²) in [4.78, 5) is 18.7. The molecular formula is C16H22BrN5O. The Kier molecular flexibility index (Phi) is 5.11. The van der Waals surface area contributed by atoms with Gasteiger partial charge in [-0.3, -0.25) is 4.79 Å². The molecule has 0 bridgehead atoms. The molecule has 2 rings (SSSR count). The first-order valence-electron chi connectivity index (χ1n) is 7.24. The van der Waals surface area contributed by atoms with E-state index in [2.05, 4.69) is 26.2 Å². The van der Waals surface area contributed by atoms with Crippen molar-refractivity contribution in [1.29, 1.82) is 0 Å². The molecule has 23 heavy (non-hydrogen) atoms. The number of benzene rings is 1. The molecule has 0 saturated heterocycles. The highest BCUT2D eigenvalue weighted by atomic mass is 79.9. The molecule has 0 radical (unpaired) electrons. The molecule has 3 N–H and O–H groups in total. The lowest BCUT2D eigenvalue weighted by molar-refractivity contribution is -0.126. The minimum atomic E-state index is -1.09. The number of rotatable bonds is 5. The number of nitrogens with two attached hydrogens (primary N) is 1. The van der Waals surface area contributed by atoms with Crippen LogP contribution in [-0.4, -0.2) is 29.6 Å². The fourth-order valence-corrected chi connectivity index (χ4v) is 2.56.